The van der Waals surface area contributed by atoms with Gasteiger partial charge in [0.1, 0.15) is 0 Å². The van der Waals surface area contributed by atoms with Crippen LogP contribution in [0.1, 0.15) is 5.56 Å². The van der Waals surface area contributed by atoms with Crippen molar-refractivity contribution in [1.82, 2.24) is 0 Å². The molecule has 0 amide bonds. The normalized spacial score (nSPS) is 7.91. The van der Waals surface area contributed by atoms with Crippen LogP contribution in [0.15, 0.2) is 18.2 Å². The Morgan fingerprint density at radius 2 is 2.27 bits per heavy atom. The number of nitriles is 1. The molecule has 0 bridgehead atoms. The molecule has 0 heterocycles. The summed E-state index contributed by atoms with van der Waals surface area (Å²) in [6.45, 7) is 0. The Bertz CT molecular complexity index is 248. The second-order valence-electron chi connectivity index (χ2n) is 1.99. The number of nitrogens with two attached hydrogens (primary N) is 1. The maximum atomic E-state index is 8.29. The van der Waals surface area contributed by atoms with Gasteiger partial charge < -0.3 is 5.73 Å². The van der Waals surface area contributed by atoms with Crippen molar-refractivity contribution in [2.75, 3.05) is 5.73 Å². The van der Waals surface area contributed by atoms with E-state index in [1.807, 2.05) is 12.1 Å². The standard InChI is InChI=1S/C8H7N2.Y/c9-6-5-7-1-3-8(10)4-2-7;/h1-3H,5,10H2;/q-1;. The van der Waals surface area contributed by atoms with Crippen LogP contribution in [0.2, 0.25) is 0 Å². The zero-order valence-corrected chi connectivity index (χ0v) is 8.88. The third-order valence-electron chi connectivity index (χ3n) is 1.18. The molecule has 0 saturated heterocycles. The number of hydrogen-bond donors (Lipinski definition) is 1. The van der Waals surface area contributed by atoms with Crippen LogP contribution in [0, 0.1) is 17.4 Å². The molecule has 0 saturated carbocycles. The Kier molecular flexibility index (Phi) is 5.10. The fraction of sp³-hybridized carbons (Fsp3) is 0.125. The van der Waals surface area contributed by atoms with Crippen LogP contribution in [-0.2, 0) is 39.1 Å². The topological polar surface area (TPSA) is 49.8 Å². The number of benzene rings is 1. The molecule has 0 spiro atoms. The third-order valence-corrected chi connectivity index (χ3v) is 1.18. The van der Waals surface area contributed by atoms with E-state index in [4.69, 9.17) is 11.0 Å². The second kappa shape index (κ2) is 5.29. The molecule has 0 fully saturated rings. The molecule has 0 unspecified atom stereocenters. The van der Waals surface area contributed by atoms with Crippen molar-refractivity contribution in [1.29, 1.82) is 5.26 Å². The first-order chi connectivity index (χ1) is 4.83. The molecule has 11 heavy (non-hydrogen) atoms. The molecule has 2 N–H and O–H groups in total. The number of nitrogens with zero attached hydrogens (tertiary/aromatic N) is 1. The van der Waals surface area contributed by atoms with Crippen molar-refractivity contribution in [3.05, 3.63) is 29.8 Å². The SMILES string of the molecule is N#CCc1c[c-]c(N)cc1.[Y]. The van der Waals surface area contributed by atoms with Crippen molar-refractivity contribution >= 4 is 5.69 Å². The first kappa shape index (κ1) is 10.6. The molecule has 1 rings (SSSR count). The van der Waals surface area contributed by atoms with Crippen molar-refractivity contribution in [3.8, 4) is 6.07 Å². The molecule has 0 atom stereocenters. The summed E-state index contributed by atoms with van der Waals surface area (Å²) in [5.74, 6) is 0. The van der Waals surface area contributed by atoms with Crippen LogP contribution in [0.4, 0.5) is 5.69 Å². The van der Waals surface area contributed by atoms with Gasteiger partial charge >= 0.3 is 0 Å². The Balaban J connectivity index is 0.000001000. The fourth-order valence-corrected chi connectivity index (χ4v) is 0.670. The molecule has 2 nitrogen and oxygen atoms in total. The summed E-state index contributed by atoms with van der Waals surface area (Å²) in [6.07, 6.45) is 0.427. The summed E-state index contributed by atoms with van der Waals surface area (Å²) < 4.78 is 0. The summed E-state index contributed by atoms with van der Waals surface area (Å²) in [5.41, 5.74) is 6.95. The average molecular weight is 220 g/mol. The van der Waals surface area contributed by atoms with Gasteiger partial charge in [0.25, 0.3) is 0 Å². The molecule has 1 aromatic rings. The van der Waals surface area contributed by atoms with E-state index in [-0.39, 0.29) is 32.7 Å². The molecule has 3 heteroatoms. The Morgan fingerprint density at radius 1 is 1.55 bits per heavy atom. The van der Waals surface area contributed by atoms with Gasteiger partial charge in [-0.05, 0) is 0 Å². The Labute approximate surface area is 91.3 Å². The monoisotopic (exact) mass is 220 g/mol. The first-order valence-corrected chi connectivity index (χ1v) is 2.96. The van der Waals surface area contributed by atoms with E-state index >= 15 is 0 Å². The average Bonchev–Trinajstić information content (AvgIpc) is 1.95. The number of nitrogen functional groups attached to an aromatic ring is 1. The molecule has 1 radical (unpaired) electrons. The van der Waals surface area contributed by atoms with Crippen LogP contribution in [0.5, 0.6) is 0 Å². The quantitative estimate of drug-likeness (QED) is 0.569. The summed E-state index contributed by atoms with van der Waals surface area (Å²) >= 11 is 0. The molecule has 1 aromatic carbocycles. The van der Waals surface area contributed by atoms with Gasteiger partial charge in [-0.3, -0.25) is 0 Å². The van der Waals surface area contributed by atoms with E-state index < -0.39 is 0 Å². The Hall–Kier alpha value is -0.386. The van der Waals surface area contributed by atoms with Crippen LogP contribution in [-0.4, -0.2) is 0 Å². The van der Waals surface area contributed by atoms with Crippen molar-refractivity contribution in [2.24, 2.45) is 0 Å². The van der Waals surface area contributed by atoms with E-state index in [0.29, 0.717) is 12.1 Å². The van der Waals surface area contributed by atoms with E-state index in [0.717, 1.165) is 5.56 Å². The predicted octanol–water partition coefficient (Wildman–Crippen LogP) is 1.13. The number of hydrogen-bond acceptors (Lipinski definition) is 2. The summed E-state index contributed by atoms with van der Waals surface area (Å²) in [7, 11) is 0. The minimum absolute atomic E-state index is 0. The van der Waals surface area contributed by atoms with Gasteiger partial charge in [-0.1, -0.05) is 5.69 Å². The second-order valence-corrected chi connectivity index (χ2v) is 1.99. The summed E-state index contributed by atoms with van der Waals surface area (Å²) in [6, 6.07) is 10.2. The van der Waals surface area contributed by atoms with Gasteiger partial charge in [0, 0.05) is 39.1 Å². The van der Waals surface area contributed by atoms with Crippen LogP contribution in [0.25, 0.3) is 0 Å². The maximum Gasteiger partial charge on any atom is 0.0542 e. The smallest absolute Gasteiger partial charge is 0.0542 e. The zero-order valence-electron chi connectivity index (χ0n) is 6.04. The van der Waals surface area contributed by atoms with Gasteiger partial charge in [-0.15, -0.1) is 11.6 Å². The van der Waals surface area contributed by atoms with E-state index in [9.17, 15) is 0 Å². The van der Waals surface area contributed by atoms with E-state index in [2.05, 4.69) is 6.07 Å². The van der Waals surface area contributed by atoms with Crippen LogP contribution in [0.3, 0.4) is 0 Å². The molecule has 0 aliphatic heterocycles. The summed E-state index contributed by atoms with van der Waals surface area (Å²) in [5, 5.41) is 8.29. The Morgan fingerprint density at radius 3 is 2.73 bits per heavy atom. The van der Waals surface area contributed by atoms with E-state index in [1.54, 1.807) is 12.1 Å². The van der Waals surface area contributed by atoms with Gasteiger partial charge in [0.05, 0.1) is 6.07 Å². The van der Waals surface area contributed by atoms with Crippen molar-refractivity contribution in [2.45, 2.75) is 6.42 Å². The summed E-state index contributed by atoms with van der Waals surface area (Å²) in [4.78, 5) is 0. The minimum Gasteiger partial charge on any atom is -0.420 e. The van der Waals surface area contributed by atoms with Gasteiger partial charge in [0.15, 0.2) is 0 Å². The van der Waals surface area contributed by atoms with E-state index in [1.165, 1.54) is 0 Å². The molecule has 0 aliphatic rings. The zero-order chi connectivity index (χ0) is 7.40. The molecule has 53 valence electrons. The molecular weight excluding hydrogens is 213 g/mol. The maximum absolute atomic E-state index is 8.29. The fourth-order valence-electron chi connectivity index (χ4n) is 0.670. The largest absolute Gasteiger partial charge is 0.420 e. The van der Waals surface area contributed by atoms with Crippen LogP contribution >= 0.6 is 0 Å². The van der Waals surface area contributed by atoms with Crippen molar-refractivity contribution in [3.63, 3.8) is 0 Å². The predicted molar refractivity (Wildman–Crippen MR) is 39.0 cm³/mol. The van der Waals surface area contributed by atoms with Crippen molar-refractivity contribution < 1.29 is 32.7 Å². The number of rotatable bonds is 1. The third kappa shape index (κ3) is 3.50. The minimum atomic E-state index is 0. The first-order valence-electron chi connectivity index (χ1n) is 2.96. The van der Waals surface area contributed by atoms with Gasteiger partial charge in [-0.25, -0.2) is 0 Å². The number of anilines is 1. The molecule has 0 aliphatic carbocycles. The van der Waals surface area contributed by atoms with Gasteiger partial charge in [0.2, 0.25) is 0 Å². The molecule has 0 aromatic heterocycles. The molecular formula is C8H7N2Y-. The van der Waals surface area contributed by atoms with Crippen LogP contribution < -0.4 is 5.73 Å². The van der Waals surface area contributed by atoms with Gasteiger partial charge in [-0.2, -0.15) is 23.5 Å².